The van der Waals surface area contributed by atoms with Crippen LogP contribution in [0.2, 0.25) is 0 Å². The maximum absolute atomic E-state index is 10.4. The molecule has 0 saturated heterocycles. The van der Waals surface area contributed by atoms with Crippen LogP contribution in [0.5, 0.6) is 0 Å². The summed E-state index contributed by atoms with van der Waals surface area (Å²) >= 11 is 13.8. The number of esters is 1. The van der Waals surface area contributed by atoms with E-state index >= 15 is 0 Å². The van der Waals surface area contributed by atoms with Gasteiger partial charge in [0.1, 0.15) is 30.2 Å². The minimum Gasteiger partial charge on any atom is -0.481 e. The third-order valence-electron chi connectivity index (χ3n) is 4.36. The van der Waals surface area contributed by atoms with Crippen LogP contribution in [0.1, 0.15) is 20.3 Å². The number of carboxylic acid groups (broad SMARTS) is 4. The Labute approximate surface area is 326 Å². The molecule has 0 aromatic carbocycles. The summed E-state index contributed by atoms with van der Waals surface area (Å²) < 4.78 is 4.29. The number of nitrogens with one attached hydrogen (secondary N) is 2. The number of amides is 3. The largest absolute Gasteiger partial charge is 0.481 e. The molecule has 0 aromatic rings. The van der Waals surface area contributed by atoms with Gasteiger partial charge in [-0.05, 0) is 12.2 Å². The topological polar surface area (TPSA) is 375 Å². The van der Waals surface area contributed by atoms with E-state index in [1.807, 2.05) is 0 Å². The lowest BCUT2D eigenvalue weighted by molar-refractivity contribution is -0.142. The number of hydrogen-bond acceptors (Lipinski definition) is 18. The first-order valence-electron chi connectivity index (χ1n) is 13.8. The summed E-state index contributed by atoms with van der Waals surface area (Å²) in [7, 11) is 1.30. The van der Waals surface area contributed by atoms with E-state index in [2.05, 4.69) is 53.3 Å². The van der Waals surface area contributed by atoms with Crippen LogP contribution in [-0.4, -0.2) is 157 Å². The number of halogens is 1. The molecular formula is C25H51ClN6O14S5. The number of rotatable bonds is 19. The summed E-state index contributed by atoms with van der Waals surface area (Å²) in [5, 5.41) is 46.1. The minimum absolute atomic E-state index is 0. The molecule has 3 amide bonds. The maximum Gasteiger partial charge on any atom is 0.327 e. The average molecular weight is 855 g/mol. The summed E-state index contributed by atoms with van der Waals surface area (Å²) in [5.41, 5.74) is 20.4. The van der Waals surface area contributed by atoms with Crippen LogP contribution in [0, 0.1) is 0 Å². The van der Waals surface area contributed by atoms with E-state index in [9.17, 15) is 38.4 Å². The number of methoxy groups -OCH3 is 1. The predicted molar refractivity (Wildman–Crippen MR) is 206 cm³/mol. The third-order valence-corrected chi connectivity index (χ3v) is 7.71. The molecule has 5 atom stereocenters. The predicted octanol–water partition coefficient (Wildman–Crippen LogP) is -3.02. The van der Waals surface area contributed by atoms with Crippen molar-refractivity contribution in [3.05, 3.63) is 0 Å². The highest BCUT2D eigenvalue weighted by Gasteiger charge is 2.15. The zero-order valence-electron chi connectivity index (χ0n) is 28.0. The van der Waals surface area contributed by atoms with Crippen LogP contribution < -0.4 is 33.6 Å². The molecule has 0 aliphatic rings. The second-order valence-corrected chi connectivity index (χ2v) is 12.2. The van der Waals surface area contributed by atoms with Gasteiger partial charge in [-0.15, -0.1) is 24.2 Å². The van der Waals surface area contributed by atoms with Crippen molar-refractivity contribution in [2.24, 2.45) is 22.9 Å². The van der Waals surface area contributed by atoms with Crippen molar-refractivity contribution < 1.29 is 68.6 Å². The van der Waals surface area contributed by atoms with Crippen LogP contribution >= 0.6 is 73.8 Å². The first-order valence-corrected chi connectivity index (χ1v) is 18.0. The van der Waals surface area contributed by atoms with Gasteiger partial charge in [0.2, 0.25) is 17.7 Å². The number of carboxylic acids is 4. The number of primary amides is 1. The Hall–Kier alpha value is -2.36. The quantitative estimate of drug-likeness (QED) is 0.0349. The van der Waals surface area contributed by atoms with Crippen LogP contribution in [-0.2, 0) is 43.1 Å². The monoisotopic (exact) mass is 854 g/mol. The lowest BCUT2D eigenvalue weighted by atomic mass is 10.3. The highest BCUT2D eigenvalue weighted by molar-refractivity contribution is 8.00. The first kappa shape index (κ1) is 60.7. The molecular weight excluding hydrogens is 804 g/mol. The van der Waals surface area contributed by atoms with Crippen LogP contribution in [0.3, 0.4) is 0 Å². The fourth-order valence-electron chi connectivity index (χ4n) is 1.90. The van der Waals surface area contributed by atoms with Crippen LogP contribution in [0.15, 0.2) is 0 Å². The van der Waals surface area contributed by atoms with Gasteiger partial charge in [0.15, 0.2) is 0 Å². The van der Waals surface area contributed by atoms with Crippen molar-refractivity contribution in [2.75, 3.05) is 54.0 Å². The van der Waals surface area contributed by atoms with E-state index in [4.69, 9.17) is 48.5 Å². The summed E-state index contributed by atoms with van der Waals surface area (Å²) in [6, 6.07) is -3.86. The number of thioether (sulfide) groups is 2. The van der Waals surface area contributed by atoms with Gasteiger partial charge in [0.05, 0.1) is 12.9 Å². The molecule has 20 nitrogen and oxygen atoms in total. The van der Waals surface area contributed by atoms with Gasteiger partial charge in [-0.1, -0.05) is 0 Å². The maximum atomic E-state index is 10.4. The number of aliphatic carboxylic acids is 4. The molecule has 0 unspecified atom stereocenters. The summed E-state index contributed by atoms with van der Waals surface area (Å²) in [6.45, 7) is 2.73. The van der Waals surface area contributed by atoms with Crippen molar-refractivity contribution in [1.82, 2.24) is 10.6 Å². The molecule has 0 radical (unpaired) electrons. The second kappa shape index (κ2) is 40.4. The highest BCUT2D eigenvalue weighted by Crippen LogP contribution is 2.03. The average Bonchev–Trinajstić information content (AvgIpc) is 3.03. The SMILES string of the molecule is CC(=O)N[C@@H](CS)C(=O)O.CC(=O)N[C@@H](CS)C(N)=O.COC(=O)[C@@H](N)CS.Cl.N[C@@H](CSCC(=O)O)C(=O)O.N[C@@H](CSCCCO)C(=O)O. The van der Waals surface area contributed by atoms with Gasteiger partial charge < -0.3 is 63.8 Å². The van der Waals surface area contributed by atoms with Gasteiger partial charge in [0.25, 0.3) is 0 Å². The number of aliphatic hydroxyl groups is 1. The van der Waals surface area contributed by atoms with E-state index in [0.717, 1.165) is 17.5 Å². The zero-order chi connectivity index (χ0) is 40.4. The Balaban J connectivity index is -0.000000124. The second-order valence-electron chi connectivity index (χ2n) is 8.87. The molecule has 302 valence electrons. The molecule has 0 aliphatic heterocycles. The molecule has 0 heterocycles. The summed E-state index contributed by atoms with van der Waals surface area (Å²) in [5.74, 6) is -3.88. The number of carbonyl (C=O) groups excluding carboxylic acids is 4. The van der Waals surface area contributed by atoms with Crippen molar-refractivity contribution >= 4 is 121 Å². The number of ether oxygens (including phenoxy) is 1. The fraction of sp³-hybridized carbons (Fsp3) is 0.680. The third kappa shape index (κ3) is 47.6. The fourth-order valence-corrected chi connectivity index (χ4v) is 4.15. The lowest BCUT2D eigenvalue weighted by Crippen LogP contribution is -2.44. The Morgan fingerprint density at radius 3 is 1.33 bits per heavy atom. The normalized spacial score (nSPS) is 12.3. The summed E-state index contributed by atoms with van der Waals surface area (Å²) in [4.78, 5) is 81.9. The summed E-state index contributed by atoms with van der Waals surface area (Å²) in [6.07, 6.45) is 0.691. The van der Waals surface area contributed by atoms with Crippen LogP contribution in [0.4, 0.5) is 0 Å². The van der Waals surface area contributed by atoms with Crippen LogP contribution in [0.25, 0.3) is 0 Å². The van der Waals surface area contributed by atoms with Gasteiger partial charge >= 0.3 is 29.8 Å². The molecule has 15 N–H and O–H groups in total. The van der Waals surface area contributed by atoms with E-state index in [1.54, 1.807) is 0 Å². The van der Waals surface area contributed by atoms with Gasteiger partial charge in [-0.3, -0.25) is 33.6 Å². The van der Waals surface area contributed by atoms with E-state index < -0.39 is 66.0 Å². The Kier molecular flexibility index (Phi) is 48.1. The van der Waals surface area contributed by atoms with Crippen molar-refractivity contribution in [3.8, 4) is 0 Å². The number of aliphatic hydroxyl groups excluding tert-OH is 1. The van der Waals surface area contributed by atoms with Crippen molar-refractivity contribution in [1.29, 1.82) is 0 Å². The van der Waals surface area contributed by atoms with Gasteiger partial charge in [0, 0.05) is 49.2 Å². The standard InChI is InChI=1S/C6H13NO3S.C5H10N2O2S.C5H9NO4S.C5H9NO3S.C4H9NO2S.ClH/c7-5(6(9)10)4-11-3-1-2-8;1-3(8)7-4(2-10)5(6)9;6-3(5(9)10)1-11-2-4(7)8;1-3(7)6-4(2-10)5(8)9;1-7-4(6)3(5)2-8;/h5,8H,1-4,7H2,(H,9,10);4,10H,2H2,1H3,(H2,6,9)(H,7,8);3H,1-2,6H2,(H,7,8)(H,9,10);4,10H,2H2,1H3,(H,6,7)(H,8,9);3,8H,2,5H2,1H3;1H/t5-;4-;3-;4-;3-;/m00000./s1. The molecule has 0 bridgehead atoms. The number of carbonyl (C=O) groups is 8. The number of thiol groups is 3. The van der Waals surface area contributed by atoms with Gasteiger partial charge in [-0.25, -0.2) is 4.79 Å². The molecule has 0 aromatic heterocycles. The van der Waals surface area contributed by atoms with Crippen molar-refractivity contribution in [2.45, 2.75) is 50.5 Å². The lowest BCUT2D eigenvalue weighted by Gasteiger charge is -2.09. The first-order chi connectivity index (χ1) is 23.1. The molecule has 0 spiro atoms. The molecule has 26 heteroatoms. The van der Waals surface area contributed by atoms with Gasteiger partial charge in [-0.2, -0.15) is 49.6 Å². The van der Waals surface area contributed by atoms with E-state index in [1.165, 1.54) is 32.7 Å². The number of nitrogens with two attached hydrogens (primary N) is 4. The molecule has 0 rings (SSSR count). The van der Waals surface area contributed by atoms with Crippen molar-refractivity contribution in [3.63, 3.8) is 0 Å². The molecule has 0 fully saturated rings. The molecule has 0 saturated carbocycles. The molecule has 51 heavy (non-hydrogen) atoms. The Morgan fingerprint density at radius 1 is 0.706 bits per heavy atom. The van der Waals surface area contributed by atoms with E-state index in [0.29, 0.717) is 17.9 Å². The Bertz CT molecular complexity index is 992. The number of hydrogen-bond donors (Lipinski definition) is 14. The molecule has 0 aliphatic carbocycles. The van der Waals surface area contributed by atoms with E-state index in [-0.39, 0.29) is 53.8 Å². The zero-order valence-corrected chi connectivity index (χ0v) is 33.2. The minimum atomic E-state index is -1.11. The highest BCUT2D eigenvalue weighted by atomic mass is 35.5. The smallest absolute Gasteiger partial charge is 0.327 e. The Morgan fingerprint density at radius 2 is 1.12 bits per heavy atom.